The van der Waals surface area contributed by atoms with Gasteiger partial charge in [-0.15, -0.1) is 0 Å². The highest BCUT2D eigenvalue weighted by atomic mass is 14.9. The highest BCUT2D eigenvalue weighted by Crippen LogP contribution is 1.99. The minimum Gasteiger partial charge on any atom is -0.345 e. The lowest BCUT2D eigenvalue weighted by Gasteiger charge is -1.87. The van der Waals surface area contributed by atoms with Gasteiger partial charge < -0.3 is 4.98 Å². The number of hydrogen-bond acceptors (Lipinski definition) is 2. The molecule has 0 aliphatic carbocycles. The third-order valence-electron chi connectivity index (χ3n) is 2.32. The number of hydrogen-bond donors (Lipinski definition) is 1. The predicted octanol–water partition coefficient (Wildman–Crippen LogP) is 3.64. The van der Waals surface area contributed by atoms with Crippen LogP contribution in [0.25, 0.3) is 12.2 Å². The summed E-state index contributed by atoms with van der Waals surface area (Å²) in [5.74, 6) is 0.853. The van der Waals surface area contributed by atoms with Crippen molar-refractivity contribution in [2.24, 2.45) is 0 Å². The third kappa shape index (κ3) is 5.00. The summed E-state index contributed by atoms with van der Waals surface area (Å²) in [4.78, 5) is 11.1. The molecule has 2 aromatic heterocycles. The molecule has 0 saturated carbocycles. The van der Waals surface area contributed by atoms with Gasteiger partial charge in [0.2, 0.25) is 0 Å². The fraction of sp³-hybridized carbons (Fsp3) is 0. The van der Waals surface area contributed by atoms with E-state index in [1.807, 2.05) is 60.7 Å². The van der Waals surface area contributed by atoms with Crippen molar-refractivity contribution in [3.05, 3.63) is 84.8 Å². The number of pyridine rings is 1. The predicted molar refractivity (Wildman–Crippen MR) is 79.2 cm³/mol. The van der Waals surface area contributed by atoms with Crippen molar-refractivity contribution in [2.75, 3.05) is 0 Å². The van der Waals surface area contributed by atoms with Crippen LogP contribution in [0.5, 0.6) is 0 Å². The number of H-pyrrole nitrogens is 1. The molecular formula is C16H15N3. The largest absolute Gasteiger partial charge is 0.345 e. The zero-order chi connectivity index (χ0) is 13.2. The molecule has 0 aliphatic rings. The monoisotopic (exact) mass is 249 g/mol. The minimum atomic E-state index is 0.853. The molecular weight excluding hydrogens is 234 g/mol. The first-order chi connectivity index (χ1) is 9.45. The van der Waals surface area contributed by atoms with E-state index in [-0.39, 0.29) is 0 Å². The van der Waals surface area contributed by atoms with E-state index >= 15 is 0 Å². The molecule has 0 radical (unpaired) electrons. The van der Waals surface area contributed by atoms with Gasteiger partial charge in [0, 0.05) is 24.8 Å². The van der Waals surface area contributed by atoms with Crippen LogP contribution in [0, 0.1) is 0 Å². The van der Waals surface area contributed by atoms with Gasteiger partial charge in [0.15, 0.2) is 0 Å². The number of nitrogens with one attached hydrogen (secondary N) is 1. The number of allylic oxidation sites excluding steroid dienone is 6. The second-order valence-electron chi connectivity index (χ2n) is 3.74. The molecule has 2 heterocycles. The van der Waals surface area contributed by atoms with Crippen molar-refractivity contribution >= 4 is 12.2 Å². The molecule has 0 aromatic carbocycles. The van der Waals surface area contributed by atoms with Gasteiger partial charge in [-0.1, -0.05) is 42.5 Å². The van der Waals surface area contributed by atoms with Crippen molar-refractivity contribution in [1.29, 1.82) is 0 Å². The van der Waals surface area contributed by atoms with Gasteiger partial charge in [0.05, 0.1) is 0 Å². The van der Waals surface area contributed by atoms with E-state index in [1.165, 1.54) is 0 Å². The standard InChI is InChI=1S/C16H15N3/c1(2-4-6-8-16-18-13-14-19-16)3-5-7-15-9-11-17-12-10-15/h1-14H,(H,18,19)/b3-1+,4-2+,7-5+,8-6+. The first kappa shape index (κ1) is 12.8. The summed E-state index contributed by atoms with van der Waals surface area (Å²) < 4.78 is 0. The molecule has 0 amide bonds. The van der Waals surface area contributed by atoms with Crippen molar-refractivity contribution in [3.8, 4) is 0 Å². The van der Waals surface area contributed by atoms with Gasteiger partial charge in [-0.25, -0.2) is 4.98 Å². The smallest absolute Gasteiger partial charge is 0.129 e. The maximum Gasteiger partial charge on any atom is 0.129 e. The van der Waals surface area contributed by atoms with Gasteiger partial charge in [0.1, 0.15) is 5.82 Å². The first-order valence-corrected chi connectivity index (χ1v) is 6.02. The molecule has 0 atom stereocenters. The summed E-state index contributed by atoms with van der Waals surface area (Å²) in [5.41, 5.74) is 1.14. The molecule has 0 aliphatic heterocycles. The number of rotatable bonds is 5. The van der Waals surface area contributed by atoms with E-state index in [0.29, 0.717) is 0 Å². The molecule has 0 bridgehead atoms. The lowest BCUT2D eigenvalue weighted by molar-refractivity contribution is 1.26. The lowest BCUT2D eigenvalue weighted by Crippen LogP contribution is -1.71. The van der Waals surface area contributed by atoms with Crippen molar-refractivity contribution in [1.82, 2.24) is 15.0 Å². The molecule has 94 valence electrons. The summed E-state index contributed by atoms with van der Waals surface area (Å²) in [5, 5.41) is 0. The van der Waals surface area contributed by atoms with Crippen molar-refractivity contribution < 1.29 is 0 Å². The Morgan fingerprint density at radius 2 is 1.47 bits per heavy atom. The van der Waals surface area contributed by atoms with E-state index in [9.17, 15) is 0 Å². The van der Waals surface area contributed by atoms with Gasteiger partial charge in [-0.2, -0.15) is 0 Å². The van der Waals surface area contributed by atoms with E-state index in [4.69, 9.17) is 0 Å². The maximum absolute atomic E-state index is 4.09. The van der Waals surface area contributed by atoms with Gasteiger partial charge in [-0.3, -0.25) is 4.98 Å². The van der Waals surface area contributed by atoms with E-state index in [2.05, 4.69) is 15.0 Å². The summed E-state index contributed by atoms with van der Waals surface area (Å²) >= 11 is 0. The third-order valence-corrected chi connectivity index (χ3v) is 2.32. The molecule has 0 spiro atoms. The van der Waals surface area contributed by atoms with E-state index < -0.39 is 0 Å². The Kier molecular flexibility index (Phi) is 5.11. The highest BCUT2D eigenvalue weighted by Gasteiger charge is 1.82. The number of aromatic amines is 1. The van der Waals surface area contributed by atoms with Gasteiger partial charge in [0.25, 0.3) is 0 Å². The Balaban J connectivity index is 1.76. The van der Waals surface area contributed by atoms with Crippen LogP contribution in [0.4, 0.5) is 0 Å². The SMILES string of the molecule is C(/C=C/C=C/c1ncc[nH]1)=C\C=C\c1ccncc1. The second-order valence-corrected chi connectivity index (χ2v) is 3.74. The summed E-state index contributed by atoms with van der Waals surface area (Å²) in [6, 6.07) is 3.93. The van der Waals surface area contributed by atoms with Crippen molar-refractivity contribution in [3.63, 3.8) is 0 Å². The molecule has 1 N–H and O–H groups in total. The maximum atomic E-state index is 4.09. The molecule has 0 fully saturated rings. The van der Waals surface area contributed by atoms with E-state index in [0.717, 1.165) is 11.4 Å². The van der Waals surface area contributed by atoms with Crippen LogP contribution in [0.2, 0.25) is 0 Å². The summed E-state index contributed by atoms with van der Waals surface area (Å²) in [7, 11) is 0. The van der Waals surface area contributed by atoms with Crippen LogP contribution in [0.1, 0.15) is 11.4 Å². The molecule has 2 rings (SSSR count). The fourth-order valence-electron chi connectivity index (χ4n) is 1.41. The molecule has 0 unspecified atom stereocenters. The number of aromatic nitrogens is 3. The Hall–Kier alpha value is -2.68. The average Bonchev–Trinajstić information content (AvgIpc) is 2.96. The topological polar surface area (TPSA) is 41.6 Å². The fourth-order valence-corrected chi connectivity index (χ4v) is 1.41. The number of nitrogens with zero attached hydrogens (tertiary/aromatic N) is 2. The molecule has 3 nitrogen and oxygen atoms in total. The normalized spacial score (nSPS) is 12.4. The minimum absolute atomic E-state index is 0.853. The van der Waals surface area contributed by atoms with Crippen LogP contribution in [-0.2, 0) is 0 Å². The molecule has 19 heavy (non-hydrogen) atoms. The lowest BCUT2D eigenvalue weighted by atomic mass is 10.2. The van der Waals surface area contributed by atoms with Crippen molar-refractivity contribution in [2.45, 2.75) is 0 Å². The van der Waals surface area contributed by atoms with Crippen LogP contribution in [0.3, 0.4) is 0 Å². The molecule has 0 saturated heterocycles. The van der Waals surface area contributed by atoms with Crippen LogP contribution >= 0.6 is 0 Å². The zero-order valence-corrected chi connectivity index (χ0v) is 10.5. The quantitative estimate of drug-likeness (QED) is 0.822. The van der Waals surface area contributed by atoms with E-state index in [1.54, 1.807) is 24.8 Å². The summed E-state index contributed by atoms with van der Waals surface area (Å²) in [6.45, 7) is 0. The van der Waals surface area contributed by atoms with Crippen LogP contribution in [0.15, 0.2) is 73.4 Å². The molecule has 2 aromatic rings. The van der Waals surface area contributed by atoms with Gasteiger partial charge >= 0.3 is 0 Å². The highest BCUT2D eigenvalue weighted by molar-refractivity contribution is 5.50. The average molecular weight is 249 g/mol. The Labute approximate surface area is 112 Å². The second kappa shape index (κ2) is 7.61. The zero-order valence-electron chi connectivity index (χ0n) is 10.5. The Bertz CT molecular complexity index is 576. The first-order valence-electron chi connectivity index (χ1n) is 6.02. The number of imidazole rings is 1. The van der Waals surface area contributed by atoms with Gasteiger partial charge in [-0.05, 0) is 23.8 Å². The van der Waals surface area contributed by atoms with Crippen LogP contribution in [-0.4, -0.2) is 15.0 Å². The Morgan fingerprint density at radius 1 is 0.789 bits per heavy atom. The Morgan fingerprint density at radius 3 is 2.16 bits per heavy atom. The summed E-state index contributed by atoms with van der Waals surface area (Å²) in [6.07, 6.45) is 22.9. The van der Waals surface area contributed by atoms with Crippen LogP contribution < -0.4 is 0 Å². The molecule has 3 heteroatoms.